The third-order valence-corrected chi connectivity index (χ3v) is 5.90. The average Bonchev–Trinajstić information content (AvgIpc) is 3.11. The fourth-order valence-corrected chi connectivity index (χ4v) is 4.16. The largest absolute Gasteiger partial charge is 0.352 e. The maximum atomic E-state index is 13.9. The van der Waals surface area contributed by atoms with Crippen molar-refractivity contribution in [2.75, 3.05) is 6.54 Å². The molecule has 1 fully saturated rings. The molecule has 33 heavy (non-hydrogen) atoms. The van der Waals surface area contributed by atoms with Gasteiger partial charge in [-0.3, -0.25) is 19.9 Å². The van der Waals surface area contributed by atoms with E-state index in [-0.39, 0.29) is 24.3 Å². The molecule has 0 aliphatic carbocycles. The van der Waals surface area contributed by atoms with E-state index < -0.39 is 5.54 Å². The van der Waals surface area contributed by atoms with Gasteiger partial charge in [-0.25, -0.2) is 0 Å². The van der Waals surface area contributed by atoms with E-state index in [9.17, 15) is 9.59 Å². The van der Waals surface area contributed by atoms with Gasteiger partial charge in [0.05, 0.1) is 6.54 Å². The molecule has 3 aromatic rings. The molecule has 0 radical (unpaired) electrons. The molecule has 0 bridgehead atoms. The molecule has 168 valence electrons. The Morgan fingerprint density at radius 2 is 1.61 bits per heavy atom. The standard InChI is InChI=1S/C27H28N4O2/c1-2-3-17-29-24(32)21-12-10-11-20(18-21)19-31-25(33)27(30-26(31)28,22-13-6-4-7-14-22)23-15-8-5-9-16-23/h4-16,18H,2-3,17,19H2,1H3,(H2,28,30)(H,29,32). The van der Waals surface area contributed by atoms with Gasteiger partial charge >= 0.3 is 0 Å². The van der Waals surface area contributed by atoms with Crippen molar-refractivity contribution in [3.8, 4) is 0 Å². The molecule has 0 saturated carbocycles. The van der Waals surface area contributed by atoms with Crippen molar-refractivity contribution in [2.24, 2.45) is 0 Å². The van der Waals surface area contributed by atoms with Crippen molar-refractivity contribution in [1.29, 1.82) is 5.41 Å². The lowest BCUT2D eigenvalue weighted by molar-refractivity contribution is -0.130. The van der Waals surface area contributed by atoms with Gasteiger partial charge in [-0.2, -0.15) is 0 Å². The molecule has 6 nitrogen and oxygen atoms in total. The lowest BCUT2D eigenvalue weighted by atomic mass is 9.82. The Kier molecular flexibility index (Phi) is 6.54. The summed E-state index contributed by atoms with van der Waals surface area (Å²) < 4.78 is 0. The molecule has 3 N–H and O–H groups in total. The number of nitrogens with zero attached hydrogens (tertiary/aromatic N) is 1. The highest BCUT2D eigenvalue weighted by Gasteiger charge is 2.52. The van der Waals surface area contributed by atoms with Crippen LogP contribution in [0, 0.1) is 5.41 Å². The number of nitrogens with one attached hydrogen (secondary N) is 3. The van der Waals surface area contributed by atoms with Crippen LogP contribution in [0.5, 0.6) is 0 Å². The van der Waals surface area contributed by atoms with Crippen LogP contribution in [-0.2, 0) is 16.9 Å². The van der Waals surface area contributed by atoms with Gasteiger partial charge < -0.3 is 10.6 Å². The summed E-state index contributed by atoms with van der Waals surface area (Å²) >= 11 is 0. The molecule has 0 spiro atoms. The molecule has 1 aliphatic rings. The van der Waals surface area contributed by atoms with Crippen molar-refractivity contribution >= 4 is 17.8 Å². The summed E-state index contributed by atoms with van der Waals surface area (Å²) in [7, 11) is 0. The summed E-state index contributed by atoms with van der Waals surface area (Å²) in [5, 5.41) is 14.7. The number of rotatable bonds is 8. The first-order chi connectivity index (χ1) is 16.1. The number of carbonyl (C=O) groups excluding carboxylic acids is 2. The minimum absolute atomic E-state index is 0.0329. The van der Waals surface area contributed by atoms with Gasteiger partial charge in [-0.15, -0.1) is 0 Å². The number of unbranched alkanes of at least 4 members (excludes halogenated alkanes) is 1. The van der Waals surface area contributed by atoms with Gasteiger partial charge in [-0.05, 0) is 35.2 Å². The maximum Gasteiger partial charge on any atom is 0.264 e. The van der Waals surface area contributed by atoms with Crippen molar-refractivity contribution < 1.29 is 9.59 Å². The number of carbonyl (C=O) groups is 2. The molecule has 6 heteroatoms. The highest BCUT2D eigenvalue weighted by Crippen LogP contribution is 2.36. The van der Waals surface area contributed by atoms with Crippen LogP contribution in [0.25, 0.3) is 0 Å². The summed E-state index contributed by atoms with van der Waals surface area (Å²) in [6.45, 7) is 2.91. The number of amides is 2. The van der Waals surface area contributed by atoms with Crippen LogP contribution in [0.3, 0.4) is 0 Å². The number of guanidine groups is 1. The molecule has 1 aliphatic heterocycles. The summed E-state index contributed by atoms with van der Waals surface area (Å²) in [5.74, 6) is -0.317. The highest BCUT2D eigenvalue weighted by molar-refractivity contribution is 6.10. The lowest BCUT2D eigenvalue weighted by Crippen LogP contribution is -2.45. The van der Waals surface area contributed by atoms with Crippen molar-refractivity contribution in [3.05, 3.63) is 107 Å². The molecular formula is C27H28N4O2. The van der Waals surface area contributed by atoms with Crippen molar-refractivity contribution in [1.82, 2.24) is 15.5 Å². The predicted molar refractivity (Wildman–Crippen MR) is 129 cm³/mol. The van der Waals surface area contributed by atoms with E-state index in [2.05, 4.69) is 17.6 Å². The van der Waals surface area contributed by atoms with Crippen LogP contribution in [0.4, 0.5) is 0 Å². The Bertz CT molecular complexity index is 1110. The molecular weight excluding hydrogens is 412 g/mol. The molecule has 3 aromatic carbocycles. The second-order valence-corrected chi connectivity index (χ2v) is 8.16. The van der Waals surface area contributed by atoms with Gasteiger partial charge in [0.15, 0.2) is 11.5 Å². The molecule has 0 atom stereocenters. The highest BCUT2D eigenvalue weighted by atomic mass is 16.2. The molecule has 1 saturated heterocycles. The first kappa shape index (κ1) is 22.3. The van der Waals surface area contributed by atoms with Crippen LogP contribution < -0.4 is 10.6 Å². The lowest BCUT2D eigenvalue weighted by Gasteiger charge is -2.28. The Hall–Kier alpha value is -3.93. The van der Waals surface area contributed by atoms with E-state index >= 15 is 0 Å². The second kappa shape index (κ2) is 9.69. The Morgan fingerprint density at radius 3 is 2.21 bits per heavy atom. The molecule has 2 amide bonds. The quantitative estimate of drug-likeness (QED) is 0.463. The van der Waals surface area contributed by atoms with E-state index in [0.717, 1.165) is 29.5 Å². The summed E-state index contributed by atoms with van der Waals surface area (Å²) in [5.41, 5.74) is 1.71. The third kappa shape index (κ3) is 4.37. The Balaban J connectivity index is 1.63. The molecule has 1 heterocycles. The van der Waals surface area contributed by atoms with Crippen LogP contribution in [0.15, 0.2) is 84.9 Å². The van der Waals surface area contributed by atoms with E-state index in [1.165, 1.54) is 4.90 Å². The topological polar surface area (TPSA) is 85.3 Å². The normalized spacial score (nSPS) is 14.8. The van der Waals surface area contributed by atoms with E-state index in [1.807, 2.05) is 72.8 Å². The van der Waals surface area contributed by atoms with E-state index in [0.29, 0.717) is 12.1 Å². The van der Waals surface area contributed by atoms with Gasteiger partial charge in [0, 0.05) is 12.1 Å². The van der Waals surface area contributed by atoms with Gasteiger partial charge in [0.2, 0.25) is 0 Å². The zero-order chi connectivity index (χ0) is 23.3. The van der Waals surface area contributed by atoms with Gasteiger partial charge in [0.1, 0.15) is 0 Å². The van der Waals surface area contributed by atoms with Gasteiger partial charge in [0.25, 0.3) is 11.8 Å². The third-order valence-electron chi connectivity index (χ3n) is 5.90. The maximum absolute atomic E-state index is 13.9. The van der Waals surface area contributed by atoms with Crippen LogP contribution in [0.1, 0.15) is 46.8 Å². The summed E-state index contributed by atoms with van der Waals surface area (Å²) in [6.07, 6.45) is 1.94. The number of hydrogen-bond donors (Lipinski definition) is 3. The summed E-state index contributed by atoms with van der Waals surface area (Å²) in [6, 6.07) is 26.2. The fraction of sp³-hybridized carbons (Fsp3) is 0.222. The van der Waals surface area contributed by atoms with Gasteiger partial charge in [-0.1, -0.05) is 86.1 Å². The first-order valence-corrected chi connectivity index (χ1v) is 11.2. The van der Waals surface area contributed by atoms with E-state index in [1.54, 1.807) is 12.1 Å². The Morgan fingerprint density at radius 1 is 0.970 bits per heavy atom. The number of hydrogen-bond acceptors (Lipinski definition) is 3. The van der Waals surface area contributed by atoms with Crippen LogP contribution in [-0.4, -0.2) is 29.2 Å². The first-order valence-electron chi connectivity index (χ1n) is 11.2. The van der Waals surface area contributed by atoms with Crippen LogP contribution in [0.2, 0.25) is 0 Å². The minimum Gasteiger partial charge on any atom is -0.352 e. The van der Waals surface area contributed by atoms with Crippen molar-refractivity contribution in [2.45, 2.75) is 31.8 Å². The van der Waals surface area contributed by atoms with Crippen LogP contribution >= 0.6 is 0 Å². The smallest absolute Gasteiger partial charge is 0.264 e. The summed E-state index contributed by atoms with van der Waals surface area (Å²) in [4.78, 5) is 27.8. The van der Waals surface area contributed by atoms with E-state index in [4.69, 9.17) is 5.41 Å². The zero-order valence-electron chi connectivity index (χ0n) is 18.7. The minimum atomic E-state index is -1.17. The zero-order valence-corrected chi connectivity index (χ0v) is 18.7. The average molecular weight is 441 g/mol. The molecule has 0 unspecified atom stereocenters. The predicted octanol–water partition coefficient (Wildman–Crippen LogP) is 4.03. The van der Waals surface area contributed by atoms with Crippen molar-refractivity contribution in [3.63, 3.8) is 0 Å². The molecule has 0 aromatic heterocycles. The number of benzene rings is 3. The molecule has 4 rings (SSSR count). The fourth-order valence-electron chi connectivity index (χ4n) is 4.16. The Labute approximate surface area is 194 Å². The monoisotopic (exact) mass is 440 g/mol. The SMILES string of the molecule is CCCCNC(=O)c1cccc(CN2C(=N)NC(c3ccccc3)(c3ccccc3)C2=O)c1. The second-order valence-electron chi connectivity index (χ2n) is 8.16.